The summed E-state index contributed by atoms with van der Waals surface area (Å²) < 4.78 is 10.6. The van der Waals surface area contributed by atoms with Gasteiger partial charge in [-0.1, -0.05) is 6.07 Å². The van der Waals surface area contributed by atoms with E-state index in [9.17, 15) is 4.79 Å². The number of hydrogen-bond acceptors (Lipinski definition) is 4. The molecule has 2 N–H and O–H groups in total. The summed E-state index contributed by atoms with van der Waals surface area (Å²) in [7, 11) is 3.24. The van der Waals surface area contributed by atoms with Gasteiger partial charge in [0.25, 0.3) is 5.91 Å². The topological polar surface area (TPSA) is 59.6 Å². The number of nitrogens with one attached hydrogen (secondary N) is 2. The normalized spacial score (nSPS) is 12.2. The van der Waals surface area contributed by atoms with Crippen molar-refractivity contribution in [1.82, 2.24) is 5.32 Å². The molecule has 134 valence electrons. The van der Waals surface area contributed by atoms with E-state index >= 15 is 0 Å². The predicted octanol–water partition coefficient (Wildman–Crippen LogP) is 3.41. The van der Waals surface area contributed by atoms with E-state index in [1.54, 1.807) is 14.2 Å². The Hall–Kier alpha value is -2.40. The van der Waals surface area contributed by atoms with Gasteiger partial charge in [-0.25, -0.2) is 0 Å². The molecule has 0 radical (unpaired) electrons. The minimum atomic E-state index is -0.0691. The lowest BCUT2D eigenvalue weighted by Gasteiger charge is -2.20. The molecule has 6 heteroatoms. The molecule has 1 amide bonds. The highest BCUT2D eigenvalue weighted by molar-refractivity contribution is 5.97. The Kier molecular flexibility index (Phi) is 6.53. The summed E-state index contributed by atoms with van der Waals surface area (Å²) in [5.41, 5.74) is 3.78. The van der Waals surface area contributed by atoms with Gasteiger partial charge in [-0.2, -0.15) is 0 Å². The number of amides is 1. The molecule has 1 heterocycles. The van der Waals surface area contributed by atoms with Gasteiger partial charge in [0.1, 0.15) is 11.5 Å². The zero-order valence-corrected chi connectivity index (χ0v) is 15.2. The second-order valence-electron chi connectivity index (χ2n) is 5.72. The molecule has 0 spiro atoms. The van der Waals surface area contributed by atoms with Crippen molar-refractivity contribution in [2.45, 2.75) is 19.4 Å². The third-order valence-corrected chi connectivity index (χ3v) is 4.27. The Morgan fingerprint density at radius 3 is 2.80 bits per heavy atom. The highest BCUT2D eigenvalue weighted by atomic mass is 35.5. The molecule has 0 bridgehead atoms. The number of methoxy groups -OCH3 is 2. The van der Waals surface area contributed by atoms with E-state index in [-0.39, 0.29) is 18.3 Å². The van der Waals surface area contributed by atoms with Crippen molar-refractivity contribution in [3.63, 3.8) is 0 Å². The van der Waals surface area contributed by atoms with Gasteiger partial charge in [0.2, 0.25) is 0 Å². The van der Waals surface area contributed by atoms with Gasteiger partial charge in [-0.3, -0.25) is 4.79 Å². The summed E-state index contributed by atoms with van der Waals surface area (Å²) in [6, 6.07) is 11.4. The van der Waals surface area contributed by atoms with E-state index in [0.717, 1.165) is 53.3 Å². The van der Waals surface area contributed by atoms with Crippen LogP contribution in [-0.2, 0) is 13.0 Å². The number of rotatable bonds is 5. The minimum absolute atomic E-state index is 0. The number of anilines is 1. The lowest BCUT2D eigenvalue weighted by Crippen LogP contribution is -2.26. The fraction of sp³-hybridized carbons (Fsp3) is 0.316. The fourth-order valence-electron chi connectivity index (χ4n) is 3.01. The Labute approximate surface area is 154 Å². The standard InChI is InChI=1S/C19H22N2O3.ClH/c1-23-14-8-9-18(24-2)13(11-14)12-21-19(22)16-5-3-7-17-15(16)6-4-10-20-17;/h3,5,7-9,11,20H,4,6,10,12H2,1-2H3,(H,21,22);1H. The maximum atomic E-state index is 12.6. The first-order valence-electron chi connectivity index (χ1n) is 8.08. The molecule has 0 atom stereocenters. The maximum Gasteiger partial charge on any atom is 0.251 e. The van der Waals surface area contributed by atoms with Gasteiger partial charge >= 0.3 is 0 Å². The molecule has 5 nitrogen and oxygen atoms in total. The third-order valence-electron chi connectivity index (χ3n) is 4.27. The molecule has 0 fully saturated rings. The second-order valence-corrected chi connectivity index (χ2v) is 5.72. The number of hydrogen-bond donors (Lipinski definition) is 2. The molecule has 1 aliphatic rings. The molecule has 1 aliphatic heterocycles. The van der Waals surface area contributed by atoms with Crippen molar-refractivity contribution >= 4 is 24.0 Å². The molecule has 25 heavy (non-hydrogen) atoms. The summed E-state index contributed by atoms with van der Waals surface area (Å²) >= 11 is 0. The van der Waals surface area contributed by atoms with Gasteiger partial charge in [0, 0.05) is 29.9 Å². The van der Waals surface area contributed by atoms with Gasteiger partial charge < -0.3 is 20.1 Å². The molecule has 0 unspecified atom stereocenters. The lowest BCUT2D eigenvalue weighted by molar-refractivity contribution is 0.0949. The van der Waals surface area contributed by atoms with Gasteiger partial charge in [0.05, 0.1) is 14.2 Å². The van der Waals surface area contributed by atoms with Crippen LogP contribution in [0.2, 0.25) is 0 Å². The first-order chi connectivity index (χ1) is 11.7. The Morgan fingerprint density at radius 1 is 1.20 bits per heavy atom. The molecule has 0 saturated heterocycles. The summed E-state index contributed by atoms with van der Waals surface area (Å²) in [6.45, 7) is 1.34. The van der Waals surface area contributed by atoms with E-state index < -0.39 is 0 Å². The summed E-state index contributed by atoms with van der Waals surface area (Å²) in [5.74, 6) is 1.40. The van der Waals surface area contributed by atoms with Gasteiger partial charge in [0.15, 0.2) is 0 Å². The number of benzene rings is 2. The monoisotopic (exact) mass is 362 g/mol. The van der Waals surface area contributed by atoms with Crippen molar-refractivity contribution in [3.05, 3.63) is 53.1 Å². The Morgan fingerprint density at radius 2 is 2.04 bits per heavy atom. The number of ether oxygens (including phenoxy) is 2. The zero-order valence-electron chi connectivity index (χ0n) is 14.4. The van der Waals surface area contributed by atoms with E-state index in [1.807, 2.05) is 36.4 Å². The Balaban J connectivity index is 0.00000225. The van der Waals surface area contributed by atoms with Crippen LogP contribution in [0.25, 0.3) is 0 Å². The lowest BCUT2D eigenvalue weighted by atomic mass is 9.97. The van der Waals surface area contributed by atoms with Gasteiger partial charge in [-0.05, 0) is 48.7 Å². The van der Waals surface area contributed by atoms with Crippen LogP contribution < -0.4 is 20.1 Å². The van der Waals surface area contributed by atoms with E-state index in [0.29, 0.717) is 6.54 Å². The molecule has 0 saturated carbocycles. The largest absolute Gasteiger partial charge is 0.497 e. The van der Waals surface area contributed by atoms with Crippen LogP contribution in [0.5, 0.6) is 11.5 Å². The average molecular weight is 363 g/mol. The smallest absolute Gasteiger partial charge is 0.251 e. The summed E-state index contributed by atoms with van der Waals surface area (Å²) in [6.07, 6.45) is 1.97. The van der Waals surface area contributed by atoms with E-state index in [1.165, 1.54) is 0 Å². The van der Waals surface area contributed by atoms with Crippen LogP contribution in [0.4, 0.5) is 5.69 Å². The Bertz CT molecular complexity index is 749. The van der Waals surface area contributed by atoms with Crippen LogP contribution in [-0.4, -0.2) is 26.7 Å². The second kappa shape index (κ2) is 8.62. The average Bonchev–Trinajstić information content (AvgIpc) is 2.65. The van der Waals surface area contributed by atoms with Gasteiger partial charge in [-0.15, -0.1) is 12.4 Å². The fourth-order valence-corrected chi connectivity index (χ4v) is 3.01. The number of carbonyl (C=O) groups excluding carboxylic acids is 1. The van der Waals surface area contributed by atoms with E-state index in [4.69, 9.17) is 9.47 Å². The third kappa shape index (κ3) is 4.17. The van der Waals surface area contributed by atoms with Crippen LogP contribution in [0.1, 0.15) is 27.9 Å². The molecular formula is C19H23ClN2O3. The molecule has 0 aliphatic carbocycles. The summed E-state index contributed by atoms with van der Waals surface area (Å²) in [4.78, 5) is 12.6. The number of halogens is 1. The zero-order chi connectivity index (χ0) is 16.9. The number of carbonyl (C=O) groups is 1. The van der Waals surface area contributed by atoms with Crippen LogP contribution in [0.15, 0.2) is 36.4 Å². The molecule has 0 aromatic heterocycles. The van der Waals surface area contributed by atoms with Crippen molar-refractivity contribution in [1.29, 1.82) is 0 Å². The van der Waals surface area contributed by atoms with Crippen molar-refractivity contribution < 1.29 is 14.3 Å². The highest BCUT2D eigenvalue weighted by Gasteiger charge is 2.17. The molecular weight excluding hydrogens is 340 g/mol. The molecule has 2 aromatic carbocycles. The SMILES string of the molecule is COc1ccc(OC)c(CNC(=O)c2cccc3c2CCCN3)c1.Cl. The first kappa shape index (κ1) is 18.9. The van der Waals surface area contributed by atoms with Crippen molar-refractivity contribution in [3.8, 4) is 11.5 Å². The van der Waals surface area contributed by atoms with Crippen molar-refractivity contribution in [2.75, 3.05) is 26.1 Å². The maximum absolute atomic E-state index is 12.6. The predicted molar refractivity (Wildman–Crippen MR) is 101 cm³/mol. The minimum Gasteiger partial charge on any atom is -0.497 e. The first-order valence-corrected chi connectivity index (χ1v) is 8.08. The number of fused-ring (bicyclic) bond motifs is 1. The van der Waals surface area contributed by atoms with Crippen LogP contribution >= 0.6 is 12.4 Å². The van der Waals surface area contributed by atoms with E-state index in [2.05, 4.69) is 10.6 Å². The van der Waals surface area contributed by atoms with Crippen molar-refractivity contribution in [2.24, 2.45) is 0 Å². The molecule has 3 rings (SSSR count). The van der Waals surface area contributed by atoms with Crippen LogP contribution in [0, 0.1) is 0 Å². The summed E-state index contributed by atoms with van der Waals surface area (Å²) in [5, 5.41) is 6.34. The molecule has 2 aromatic rings. The van der Waals surface area contributed by atoms with Crippen LogP contribution in [0.3, 0.4) is 0 Å². The quantitative estimate of drug-likeness (QED) is 0.855. The highest BCUT2D eigenvalue weighted by Crippen LogP contribution is 2.26.